The summed E-state index contributed by atoms with van der Waals surface area (Å²) in [6.07, 6.45) is 0. The molecule has 3 nitrogen and oxygen atoms in total. The minimum absolute atomic E-state index is 0.0761. The van der Waals surface area contributed by atoms with Gasteiger partial charge in [0.15, 0.2) is 5.82 Å². The molecule has 0 unspecified atom stereocenters. The third-order valence-electron chi connectivity index (χ3n) is 7.85. The largest absolute Gasteiger partial charge is 0.309 e. The summed E-state index contributed by atoms with van der Waals surface area (Å²) in [7, 11) is 0. The molecular formula is C40H25N3S. The van der Waals surface area contributed by atoms with Crippen molar-refractivity contribution < 1.29 is 9.60 Å². The van der Waals surface area contributed by atoms with E-state index in [2.05, 4.69) is 12.1 Å². The van der Waals surface area contributed by atoms with Crippen LogP contribution in [0.1, 0.15) is 9.60 Å². The Balaban J connectivity index is 1.37. The number of aromatic nitrogens is 3. The summed E-state index contributed by atoms with van der Waals surface area (Å²) in [5.74, 6) is 0.467. The Labute approximate surface area is 268 Å². The van der Waals surface area contributed by atoms with Crippen molar-refractivity contribution in [2.24, 2.45) is 0 Å². The van der Waals surface area contributed by atoms with Crippen LogP contribution in [0.4, 0.5) is 0 Å². The topological polar surface area (TPSA) is 30.7 Å². The number of hydrogen-bond acceptors (Lipinski definition) is 3. The molecule has 0 bridgehead atoms. The average molecular weight is 587 g/mol. The van der Waals surface area contributed by atoms with Crippen LogP contribution in [0.25, 0.3) is 81.6 Å². The lowest BCUT2D eigenvalue weighted by Crippen LogP contribution is -1.97. The Bertz CT molecular complexity index is 2890. The molecule has 3 aromatic heterocycles. The highest BCUT2D eigenvalue weighted by molar-refractivity contribution is 7.26. The van der Waals surface area contributed by atoms with Crippen LogP contribution in [-0.4, -0.2) is 14.5 Å². The maximum Gasteiger partial charge on any atom is 0.160 e. The summed E-state index contributed by atoms with van der Waals surface area (Å²) in [5, 5.41) is 1.34. The van der Waals surface area contributed by atoms with Gasteiger partial charge in [0.2, 0.25) is 0 Å². The fourth-order valence-corrected chi connectivity index (χ4v) is 6.97. The average Bonchev–Trinajstić information content (AvgIpc) is 3.73. The summed E-state index contributed by atoms with van der Waals surface area (Å²) in [4.78, 5) is 10.2. The van der Waals surface area contributed by atoms with E-state index >= 15 is 0 Å². The van der Waals surface area contributed by atoms with Crippen LogP contribution < -0.4 is 0 Å². The molecule has 206 valence electrons. The summed E-state index contributed by atoms with van der Waals surface area (Å²) >= 11 is 1.64. The normalized spacial score (nSPS) is 13.9. The molecule has 0 saturated carbocycles. The van der Waals surface area contributed by atoms with Gasteiger partial charge >= 0.3 is 0 Å². The fraction of sp³-hybridized carbons (Fsp3) is 0. The Hall–Kier alpha value is -5.58. The van der Waals surface area contributed by atoms with E-state index < -0.39 is 12.1 Å². The van der Waals surface area contributed by atoms with Gasteiger partial charge in [0.05, 0.1) is 36.5 Å². The molecule has 0 amide bonds. The molecule has 0 N–H and O–H groups in total. The molecule has 9 rings (SSSR count). The summed E-state index contributed by atoms with van der Waals surface area (Å²) in [6, 6.07) is 32.5. The van der Waals surface area contributed by atoms with Crippen LogP contribution in [0.2, 0.25) is 0 Å². The Morgan fingerprint density at radius 3 is 2.16 bits per heavy atom. The van der Waals surface area contributed by atoms with Crippen LogP contribution in [-0.2, 0) is 0 Å². The number of fused-ring (bicyclic) bond motifs is 6. The van der Waals surface area contributed by atoms with Crippen LogP contribution in [0.15, 0.2) is 151 Å². The lowest BCUT2D eigenvalue weighted by Gasteiger charge is -2.11. The minimum atomic E-state index is -0.430. The highest BCUT2D eigenvalue weighted by Crippen LogP contribution is 2.40. The van der Waals surface area contributed by atoms with E-state index in [0.717, 1.165) is 31.6 Å². The maximum absolute atomic E-state index is 9.38. The number of thiophene rings is 1. The lowest BCUT2D eigenvalue weighted by molar-refractivity contribution is 1.17. The van der Waals surface area contributed by atoms with Crippen molar-refractivity contribution in [3.63, 3.8) is 0 Å². The number of rotatable bonds is 4. The van der Waals surface area contributed by atoms with E-state index in [0.29, 0.717) is 22.6 Å². The third-order valence-corrected chi connectivity index (χ3v) is 9.02. The van der Waals surface area contributed by atoms with Crippen LogP contribution in [0, 0.1) is 0 Å². The quantitative estimate of drug-likeness (QED) is 0.205. The fourth-order valence-electron chi connectivity index (χ4n) is 5.82. The van der Waals surface area contributed by atoms with Crippen molar-refractivity contribution in [2.75, 3.05) is 0 Å². The smallest absolute Gasteiger partial charge is 0.160 e. The van der Waals surface area contributed by atoms with Crippen molar-refractivity contribution in [3.8, 4) is 39.5 Å². The molecule has 0 atom stereocenters. The molecule has 0 aliphatic heterocycles. The number of hydrogen-bond donors (Lipinski definition) is 0. The number of para-hydroxylation sites is 1. The zero-order chi connectivity index (χ0) is 35.1. The highest BCUT2D eigenvalue weighted by Gasteiger charge is 2.18. The summed E-state index contributed by atoms with van der Waals surface area (Å²) < 4.78 is 66.6. The van der Waals surface area contributed by atoms with Gasteiger partial charge in [0.25, 0.3) is 0 Å². The Morgan fingerprint density at radius 1 is 0.568 bits per heavy atom. The molecule has 0 saturated heterocycles. The van der Waals surface area contributed by atoms with Gasteiger partial charge in [0, 0.05) is 37.7 Å². The molecule has 6 aromatic carbocycles. The Kier molecular flexibility index (Phi) is 4.29. The number of nitrogens with zero attached hydrogens (tertiary/aromatic N) is 3. The molecule has 0 fully saturated rings. The van der Waals surface area contributed by atoms with Crippen molar-refractivity contribution in [3.05, 3.63) is 151 Å². The van der Waals surface area contributed by atoms with E-state index in [4.69, 9.17) is 16.8 Å². The molecule has 9 aromatic rings. The SMILES string of the molecule is [2H]c1c([2H])c([2H])c2c(c1[2H])c1c([2H])c(-c3ccccc3)c([2H])c([2H])c1n2-c1cccc(-c2nc(-c3ccccc3)c3sc4ccccc4c3n2)c1. The summed E-state index contributed by atoms with van der Waals surface area (Å²) in [6.45, 7) is 0. The predicted octanol–water partition coefficient (Wildman–Crippen LogP) is 10.9. The van der Waals surface area contributed by atoms with Gasteiger partial charge in [-0.1, -0.05) is 115 Å². The summed E-state index contributed by atoms with van der Waals surface area (Å²) in [5.41, 5.74) is 4.81. The van der Waals surface area contributed by atoms with E-state index in [-0.39, 0.29) is 57.6 Å². The van der Waals surface area contributed by atoms with E-state index in [1.54, 1.807) is 46.2 Å². The molecular weight excluding hydrogens is 555 g/mol. The Morgan fingerprint density at radius 2 is 1.30 bits per heavy atom. The van der Waals surface area contributed by atoms with Crippen LogP contribution >= 0.6 is 11.3 Å². The van der Waals surface area contributed by atoms with E-state index in [1.807, 2.05) is 66.7 Å². The van der Waals surface area contributed by atoms with Crippen molar-refractivity contribution in [1.82, 2.24) is 14.5 Å². The van der Waals surface area contributed by atoms with E-state index in [1.165, 1.54) is 0 Å². The minimum Gasteiger partial charge on any atom is -0.309 e. The van der Waals surface area contributed by atoms with Gasteiger partial charge in [-0.25, -0.2) is 9.97 Å². The zero-order valence-corrected chi connectivity index (χ0v) is 24.0. The van der Waals surface area contributed by atoms with Crippen molar-refractivity contribution >= 4 is 53.4 Å². The zero-order valence-electron chi connectivity index (χ0n) is 30.1. The highest BCUT2D eigenvalue weighted by atomic mass is 32.1. The molecule has 44 heavy (non-hydrogen) atoms. The second-order valence-electron chi connectivity index (χ2n) is 10.5. The van der Waals surface area contributed by atoms with Gasteiger partial charge in [-0.15, -0.1) is 11.3 Å². The van der Waals surface area contributed by atoms with Crippen LogP contribution in [0.3, 0.4) is 0 Å². The molecule has 0 radical (unpaired) electrons. The lowest BCUT2D eigenvalue weighted by atomic mass is 10.0. The second-order valence-corrected chi connectivity index (χ2v) is 11.5. The van der Waals surface area contributed by atoms with Crippen molar-refractivity contribution in [2.45, 2.75) is 0 Å². The van der Waals surface area contributed by atoms with Crippen LogP contribution in [0.5, 0.6) is 0 Å². The van der Waals surface area contributed by atoms with E-state index in [9.17, 15) is 2.74 Å². The molecule has 0 spiro atoms. The van der Waals surface area contributed by atoms with Gasteiger partial charge < -0.3 is 4.57 Å². The number of benzene rings is 6. The maximum atomic E-state index is 9.38. The van der Waals surface area contributed by atoms with Crippen molar-refractivity contribution in [1.29, 1.82) is 0 Å². The monoisotopic (exact) mass is 586 g/mol. The molecule has 0 aliphatic rings. The van der Waals surface area contributed by atoms with Gasteiger partial charge in [-0.3, -0.25) is 0 Å². The third kappa shape index (κ3) is 3.96. The second kappa shape index (κ2) is 10.0. The first-order valence-corrected chi connectivity index (χ1v) is 15.0. The first-order chi connectivity index (χ1) is 24.7. The van der Waals surface area contributed by atoms with Gasteiger partial charge in [-0.2, -0.15) is 0 Å². The first kappa shape index (κ1) is 18.9. The predicted molar refractivity (Wildman–Crippen MR) is 186 cm³/mol. The standard InChI is InChI=1S/C40H25N3S/c1-3-12-26(13-4-1)28-22-23-35-33(25-28)31-18-7-9-20-34(31)43(35)30-17-11-16-29(24-30)40-41-37(27-14-5-2-6-15-27)39-38(42-40)32-19-8-10-21-36(32)44-39/h1-25H/i7D,9D,18D,20D,22D,23D,25D. The van der Waals surface area contributed by atoms with Gasteiger partial charge in [-0.05, 0) is 47.5 Å². The molecule has 0 aliphatic carbocycles. The first-order valence-electron chi connectivity index (χ1n) is 17.7. The van der Waals surface area contributed by atoms with Gasteiger partial charge in [0.1, 0.15) is 0 Å². The molecule has 4 heteroatoms. The molecule has 3 heterocycles.